The van der Waals surface area contributed by atoms with Crippen LogP contribution in [0.5, 0.6) is 0 Å². The van der Waals surface area contributed by atoms with Gasteiger partial charge < -0.3 is 26.2 Å². The minimum atomic E-state index is -3.58. The Hall–Kier alpha value is -2.79. The zero-order chi connectivity index (χ0) is 39.0. The Morgan fingerprint density at radius 2 is 1.61 bits per heavy atom. The molecule has 5 amide bonds. The van der Waals surface area contributed by atoms with Gasteiger partial charge in [0.1, 0.15) is 12.1 Å². The predicted octanol–water partition coefficient (Wildman–Crippen LogP) is 3.83. The molecule has 0 aromatic carbocycles. The van der Waals surface area contributed by atoms with E-state index < -0.39 is 73.2 Å². The van der Waals surface area contributed by atoms with Crippen LogP contribution in [0.15, 0.2) is 0 Å². The van der Waals surface area contributed by atoms with E-state index in [1.807, 2.05) is 47.8 Å². The van der Waals surface area contributed by atoms with Crippen LogP contribution in [0.4, 0.5) is 4.79 Å². The molecule has 1 aliphatic heterocycles. The molecule has 1 saturated carbocycles. The van der Waals surface area contributed by atoms with Crippen molar-refractivity contribution >= 4 is 51.1 Å². The molecule has 1 aliphatic carbocycles. The van der Waals surface area contributed by atoms with E-state index in [-0.39, 0.29) is 42.9 Å². The second-order valence-corrected chi connectivity index (χ2v) is 20.9. The summed E-state index contributed by atoms with van der Waals surface area (Å²) in [5.41, 5.74) is -2.14. The summed E-state index contributed by atoms with van der Waals surface area (Å²) in [5.74, 6) is 0.176. The molecule has 4 N–H and O–H groups in total. The Bertz CT molecular complexity index is 1420. The number of sulfone groups is 1. The van der Waals surface area contributed by atoms with E-state index in [2.05, 4.69) is 27.2 Å². The van der Waals surface area contributed by atoms with E-state index in [1.165, 1.54) is 16.7 Å². The first-order chi connectivity index (χ1) is 23.4. The van der Waals surface area contributed by atoms with Crippen LogP contribution in [0.3, 0.4) is 0 Å². The van der Waals surface area contributed by atoms with Crippen LogP contribution in [0, 0.1) is 29.1 Å². The number of piperidine rings is 1. The average molecular weight is 754 g/mol. The fourth-order valence-electron chi connectivity index (χ4n) is 6.57. The van der Waals surface area contributed by atoms with Crippen molar-refractivity contribution in [2.24, 2.45) is 16.7 Å². The largest absolute Gasteiger partial charge is 0.349 e. The summed E-state index contributed by atoms with van der Waals surface area (Å²) in [4.78, 5) is 69.8. The Labute approximate surface area is 310 Å². The van der Waals surface area contributed by atoms with Crippen LogP contribution < -0.4 is 21.3 Å². The van der Waals surface area contributed by atoms with Gasteiger partial charge in [-0.25, -0.2) is 13.2 Å². The van der Waals surface area contributed by atoms with Gasteiger partial charge in [-0.15, -0.1) is 12.3 Å². The van der Waals surface area contributed by atoms with E-state index in [9.17, 15) is 32.4 Å². The van der Waals surface area contributed by atoms with Gasteiger partial charge in [-0.2, -0.15) is 11.8 Å². The molecule has 4 atom stereocenters. The molecule has 290 valence electrons. The molecular formula is C37H63N5O7S2. The Morgan fingerprint density at radius 1 is 1.00 bits per heavy atom. The van der Waals surface area contributed by atoms with Crippen LogP contribution in [0.1, 0.15) is 114 Å². The Balaban J connectivity index is 2.41. The molecule has 2 aliphatic rings. The number of terminal acetylenes is 1. The number of Topliss-reactive ketones (excluding diaryl/α,β-unsaturated/α-hetero) is 1. The molecule has 1 heterocycles. The molecule has 2 unspecified atom stereocenters. The molecule has 12 nitrogen and oxygen atoms in total. The smallest absolute Gasteiger partial charge is 0.315 e. The van der Waals surface area contributed by atoms with Gasteiger partial charge in [-0.05, 0) is 69.5 Å². The first-order valence-electron chi connectivity index (χ1n) is 18.1. The third-order valence-corrected chi connectivity index (χ3v) is 13.9. The van der Waals surface area contributed by atoms with Gasteiger partial charge in [0.25, 0.3) is 5.91 Å². The van der Waals surface area contributed by atoms with Crippen molar-refractivity contribution in [2.45, 2.75) is 142 Å². The Morgan fingerprint density at radius 3 is 2.14 bits per heavy atom. The first-order valence-corrected chi connectivity index (χ1v) is 21.1. The van der Waals surface area contributed by atoms with Crippen molar-refractivity contribution in [3.63, 3.8) is 0 Å². The number of ketones is 1. The molecule has 2 rings (SSSR count). The lowest BCUT2D eigenvalue weighted by molar-refractivity contribution is -0.151. The number of urea groups is 1. The third kappa shape index (κ3) is 12.1. The fraction of sp³-hybridized carbons (Fsp3) is 0.811. The van der Waals surface area contributed by atoms with Crippen LogP contribution in [0.2, 0.25) is 0 Å². The van der Waals surface area contributed by atoms with Gasteiger partial charge in [0.05, 0.1) is 22.1 Å². The predicted molar refractivity (Wildman–Crippen MR) is 204 cm³/mol. The quantitative estimate of drug-likeness (QED) is 0.118. The second kappa shape index (κ2) is 17.8. The highest BCUT2D eigenvalue weighted by Crippen LogP contribution is 2.40. The van der Waals surface area contributed by atoms with Gasteiger partial charge in [-0.1, -0.05) is 60.8 Å². The first kappa shape index (κ1) is 44.4. The summed E-state index contributed by atoms with van der Waals surface area (Å²) in [7, 11) is -3.58. The minimum Gasteiger partial charge on any atom is -0.349 e. The summed E-state index contributed by atoms with van der Waals surface area (Å²) in [6.07, 6.45) is 11.3. The van der Waals surface area contributed by atoms with E-state index in [1.54, 1.807) is 20.8 Å². The Kier molecular flexibility index (Phi) is 15.5. The maximum absolute atomic E-state index is 14.6. The molecule has 0 spiro atoms. The molecular weight excluding hydrogens is 691 g/mol. The number of hydrogen-bond donors (Lipinski definition) is 4. The summed E-state index contributed by atoms with van der Waals surface area (Å²) in [6.45, 7) is 16.9. The summed E-state index contributed by atoms with van der Waals surface area (Å²) in [6, 6.07) is -3.91. The van der Waals surface area contributed by atoms with E-state index >= 15 is 0 Å². The summed E-state index contributed by atoms with van der Waals surface area (Å²) < 4.78 is 25.7. The number of carbonyl (C=O) groups excluding carboxylic acids is 5. The lowest BCUT2D eigenvalue weighted by atomic mass is 9.71. The van der Waals surface area contributed by atoms with Crippen molar-refractivity contribution in [3.8, 4) is 12.3 Å². The standard InChI is InChI=1S/C37H63N5O7S2/c1-12-13-17-26(28(43)31(45)38-20-21-50-11)39-30(44)27-22-36(9,10)25(2)23-42(27)32(46)29(34(3,4)5)40-33(47)41-37(18-15-14-16-19-37)24-51(48,49)35(6,7)8/h1,25-27,29H,13-24H2,2-11H3,(H,38,45)(H,39,44)(H2,40,41,47)/t25?,26?,27-,29+/m0/s1. The van der Waals surface area contributed by atoms with Crippen LogP contribution in [-0.4, -0.2) is 102 Å². The molecule has 51 heavy (non-hydrogen) atoms. The highest BCUT2D eigenvalue weighted by molar-refractivity contribution is 7.98. The normalized spacial score (nSPS) is 21.7. The lowest BCUT2D eigenvalue weighted by Gasteiger charge is -2.49. The molecule has 0 aromatic heterocycles. The monoisotopic (exact) mass is 753 g/mol. The topological polar surface area (TPSA) is 171 Å². The molecule has 2 fully saturated rings. The molecule has 0 radical (unpaired) electrons. The van der Waals surface area contributed by atoms with Gasteiger partial charge in [0.2, 0.25) is 17.6 Å². The number of likely N-dealkylation sites (tertiary alicyclic amines) is 1. The van der Waals surface area contributed by atoms with Gasteiger partial charge in [-0.3, -0.25) is 19.2 Å². The van der Waals surface area contributed by atoms with Crippen LogP contribution in [-0.2, 0) is 29.0 Å². The van der Waals surface area contributed by atoms with Crippen molar-refractivity contribution < 1.29 is 32.4 Å². The fourth-order valence-corrected chi connectivity index (χ4v) is 8.40. The molecule has 1 saturated heterocycles. The summed E-state index contributed by atoms with van der Waals surface area (Å²) in [5, 5.41) is 11.2. The maximum atomic E-state index is 14.6. The number of carbonyl (C=O) groups is 5. The van der Waals surface area contributed by atoms with Gasteiger partial charge in [0.15, 0.2) is 9.84 Å². The van der Waals surface area contributed by atoms with Crippen molar-refractivity contribution in [3.05, 3.63) is 0 Å². The summed E-state index contributed by atoms with van der Waals surface area (Å²) >= 11 is 1.51. The second-order valence-electron chi connectivity index (χ2n) is 17.1. The van der Waals surface area contributed by atoms with Gasteiger partial charge in [0, 0.05) is 25.3 Å². The molecule has 0 bridgehead atoms. The van der Waals surface area contributed by atoms with E-state index in [0.29, 0.717) is 25.1 Å². The van der Waals surface area contributed by atoms with Crippen LogP contribution in [0.25, 0.3) is 0 Å². The minimum absolute atomic E-state index is 0.0193. The van der Waals surface area contributed by atoms with Crippen molar-refractivity contribution in [1.82, 2.24) is 26.2 Å². The highest BCUT2D eigenvalue weighted by atomic mass is 32.2. The SMILES string of the molecule is C#CCCC(NC(=O)[C@@H]1CC(C)(C)C(C)CN1C(=O)[C@@H](NC(=O)NC1(CS(=O)(=O)C(C)(C)C)CCCCC1)C(C)(C)C)C(=O)C(=O)NCCSC. The van der Waals surface area contributed by atoms with E-state index in [0.717, 1.165) is 19.3 Å². The number of nitrogens with zero attached hydrogens (tertiary/aromatic N) is 1. The average Bonchev–Trinajstić information content (AvgIpc) is 3.01. The molecule has 0 aromatic rings. The zero-order valence-corrected chi connectivity index (χ0v) is 34.1. The number of hydrogen-bond acceptors (Lipinski definition) is 8. The van der Waals surface area contributed by atoms with Crippen molar-refractivity contribution in [2.75, 3.05) is 30.9 Å². The zero-order valence-electron chi connectivity index (χ0n) is 32.5. The van der Waals surface area contributed by atoms with Crippen LogP contribution >= 0.6 is 11.8 Å². The lowest BCUT2D eigenvalue weighted by Crippen LogP contribution is -2.66. The van der Waals surface area contributed by atoms with Gasteiger partial charge >= 0.3 is 6.03 Å². The van der Waals surface area contributed by atoms with E-state index in [4.69, 9.17) is 6.42 Å². The number of rotatable bonds is 14. The number of thioether (sulfide) groups is 1. The maximum Gasteiger partial charge on any atom is 0.315 e. The third-order valence-electron chi connectivity index (χ3n) is 10.5. The highest BCUT2D eigenvalue weighted by Gasteiger charge is 2.48. The number of amides is 5. The van der Waals surface area contributed by atoms with Crippen molar-refractivity contribution in [1.29, 1.82) is 0 Å². The number of nitrogens with one attached hydrogen (secondary N) is 4. The molecule has 14 heteroatoms.